The van der Waals surface area contributed by atoms with Crippen molar-refractivity contribution in [2.45, 2.75) is 25.8 Å². The van der Waals surface area contributed by atoms with Gasteiger partial charge in [0.1, 0.15) is 6.04 Å². The monoisotopic (exact) mass is 482 g/mol. The van der Waals surface area contributed by atoms with E-state index in [9.17, 15) is 14.4 Å². The Morgan fingerprint density at radius 1 is 1.13 bits per heavy atom. The van der Waals surface area contributed by atoms with Gasteiger partial charge in [0.25, 0.3) is 11.8 Å². The Morgan fingerprint density at radius 3 is 2.58 bits per heavy atom. The molecule has 0 aliphatic carbocycles. The van der Waals surface area contributed by atoms with Crippen LogP contribution in [-0.2, 0) is 20.7 Å². The number of hydrogen-bond acceptors (Lipinski definition) is 5. The molecule has 31 heavy (non-hydrogen) atoms. The molecule has 1 atom stereocenters. The Balaban J connectivity index is 1.96. The summed E-state index contributed by atoms with van der Waals surface area (Å²) in [7, 11) is 0. The maximum Gasteiger partial charge on any atom is 0.329 e. The molecule has 0 aliphatic heterocycles. The van der Waals surface area contributed by atoms with Crippen LogP contribution in [-0.4, -0.2) is 42.4 Å². The highest BCUT2D eigenvalue weighted by Crippen LogP contribution is 2.21. The number of hydrogen-bond donors (Lipinski definition) is 2. The first-order chi connectivity index (χ1) is 14.8. The van der Waals surface area contributed by atoms with Crippen molar-refractivity contribution in [2.24, 2.45) is 0 Å². The van der Waals surface area contributed by atoms with E-state index in [0.29, 0.717) is 22.9 Å². The summed E-state index contributed by atoms with van der Waals surface area (Å²) >= 11 is 13.5. The van der Waals surface area contributed by atoms with Crippen LogP contribution >= 0.6 is 35.0 Å². The largest absolute Gasteiger partial charge is 0.454 e. The van der Waals surface area contributed by atoms with Gasteiger partial charge in [-0.15, -0.1) is 0 Å². The maximum atomic E-state index is 12.6. The van der Waals surface area contributed by atoms with E-state index in [-0.39, 0.29) is 10.6 Å². The second-order valence-corrected chi connectivity index (χ2v) is 8.47. The number of benzene rings is 2. The highest BCUT2D eigenvalue weighted by molar-refractivity contribution is 7.98. The molecule has 1 unspecified atom stereocenters. The lowest BCUT2D eigenvalue weighted by Gasteiger charge is -2.18. The lowest BCUT2D eigenvalue weighted by molar-refractivity contribution is -0.149. The van der Waals surface area contributed by atoms with Crippen LogP contribution in [0.5, 0.6) is 0 Å². The molecule has 2 amide bonds. The quantitative estimate of drug-likeness (QED) is 0.483. The molecule has 2 N–H and O–H groups in total. The summed E-state index contributed by atoms with van der Waals surface area (Å²) in [6.45, 7) is 1.56. The fraction of sp³-hybridized carbons (Fsp3) is 0.318. The van der Waals surface area contributed by atoms with Crippen LogP contribution in [0.15, 0.2) is 42.5 Å². The van der Waals surface area contributed by atoms with Gasteiger partial charge in [-0.05, 0) is 60.7 Å². The Morgan fingerprint density at radius 2 is 1.90 bits per heavy atom. The minimum absolute atomic E-state index is 0.177. The lowest BCUT2D eigenvalue weighted by Crippen LogP contribution is -2.43. The van der Waals surface area contributed by atoms with Crippen LogP contribution in [0.25, 0.3) is 0 Å². The van der Waals surface area contributed by atoms with Crippen molar-refractivity contribution in [2.75, 3.05) is 23.9 Å². The van der Waals surface area contributed by atoms with E-state index in [0.717, 1.165) is 12.0 Å². The Bertz CT molecular complexity index is 939. The lowest BCUT2D eigenvalue weighted by atomic mass is 10.1. The van der Waals surface area contributed by atoms with Gasteiger partial charge in [0, 0.05) is 10.7 Å². The summed E-state index contributed by atoms with van der Waals surface area (Å²) < 4.78 is 5.15. The number of thioether (sulfide) groups is 1. The Hall–Kier alpha value is -2.22. The zero-order valence-electron chi connectivity index (χ0n) is 17.2. The molecule has 0 spiro atoms. The number of anilines is 1. The molecule has 0 saturated carbocycles. The van der Waals surface area contributed by atoms with Crippen LogP contribution in [0.3, 0.4) is 0 Å². The molecule has 0 fully saturated rings. The SMILES string of the molecule is CCc1cccc(NC(=O)COC(=O)C(CCSC)NC(=O)c2ccc(Cl)cc2Cl)c1. The third-order valence-corrected chi connectivity index (χ3v) is 5.53. The molecule has 9 heteroatoms. The zero-order valence-corrected chi connectivity index (χ0v) is 19.6. The number of nitrogens with one attached hydrogen (secondary N) is 2. The van der Waals surface area contributed by atoms with Crippen LogP contribution in [0.4, 0.5) is 5.69 Å². The smallest absolute Gasteiger partial charge is 0.329 e. The third-order valence-electron chi connectivity index (χ3n) is 4.34. The molecule has 166 valence electrons. The van der Waals surface area contributed by atoms with Crippen LogP contribution in [0, 0.1) is 0 Å². The molecule has 0 aromatic heterocycles. The van der Waals surface area contributed by atoms with Crippen molar-refractivity contribution in [1.29, 1.82) is 0 Å². The second-order valence-electron chi connectivity index (χ2n) is 6.64. The number of carbonyl (C=O) groups is 3. The molecule has 6 nitrogen and oxygen atoms in total. The van der Waals surface area contributed by atoms with Gasteiger partial charge in [0.15, 0.2) is 6.61 Å². The van der Waals surface area contributed by atoms with E-state index >= 15 is 0 Å². The molecule has 2 aromatic carbocycles. The fourth-order valence-electron chi connectivity index (χ4n) is 2.70. The number of esters is 1. The highest BCUT2D eigenvalue weighted by Gasteiger charge is 2.24. The van der Waals surface area contributed by atoms with Crippen molar-refractivity contribution in [3.05, 3.63) is 63.6 Å². The third kappa shape index (κ3) is 8.09. The molecule has 0 aliphatic rings. The standard InChI is InChI=1S/C22H24Cl2N2O4S/c1-3-14-5-4-6-16(11-14)25-20(27)13-30-22(29)19(9-10-31-2)26-21(28)17-8-7-15(23)12-18(17)24/h4-8,11-12,19H,3,9-10,13H2,1-2H3,(H,25,27)(H,26,28). The number of amides is 2. The topological polar surface area (TPSA) is 84.5 Å². The Kier molecular flexibility index (Phi) is 10.2. The molecule has 0 heterocycles. The van der Waals surface area contributed by atoms with Crippen molar-refractivity contribution in [1.82, 2.24) is 5.32 Å². The summed E-state index contributed by atoms with van der Waals surface area (Å²) in [5.41, 5.74) is 1.90. The summed E-state index contributed by atoms with van der Waals surface area (Å²) in [4.78, 5) is 37.3. The van der Waals surface area contributed by atoms with Crippen LogP contribution in [0.1, 0.15) is 29.3 Å². The van der Waals surface area contributed by atoms with Crippen molar-refractivity contribution in [3.8, 4) is 0 Å². The Labute approximate surface area is 196 Å². The summed E-state index contributed by atoms with van der Waals surface area (Å²) in [6.07, 6.45) is 3.07. The number of carbonyl (C=O) groups excluding carboxylic acids is 3. The van der Waals surface area contributed by atoms with E-state index in [1.165, 1.54) is 30.0 Å². The molecule has 2 rings (SSSR count). The normalized spacial score (nSPS) is 11.5. The number of aryl methyl sites for hydroxylation is 1. The summed E-state index contributed by atoms with van der Waals surface area (Å²) in [5.74, 6) is -1.06. The van der Waals surface area contributed by atoms with E-state index in [2.05, 4.69) is 10.6 Å². The van der Waals surface area contributed by atoms with Gasteiger partial charge in [-0.3, -0.25) is 9.59 Å². The van der Waals surface area contributed by atoms with E-state index in [1.54, 1.807) is 6.07 Å². The van der Waals surface area contributed by atoms with Crippen LogP contribution < -0.4 is 10.6 Å². The minimum Gasteiger partial charge on any atom is -0.454 e. The van der Waals surface area contributed by atoms with E-state index < -0.39 is 30.4 Å². The first-order valence-electron chi connectivity index (χ1n) is 9.64. The predicted molar refractivity (Wildman–Crippen MR) is 126 cm³/mol. The molecule has 2 aromatic rings. The molecule has 0 saturated heterocycles. The second kappa shape index (κ2) is 12.6. The first kappa shape index (κ1) is 25.0. The van der Waals surface area contributed by atoms with Gasteiger partial charge in [-0.1, -0.05) is 42.3 Å². The predicted octanol–water partition coefficient (Wildman–Crippen LogP) is 4.59. The van der Waals surface area contributed by atoms with Gasteiger partial charge >= 0.3 is 5.97 Å². The van der Waals surface area contributed by atoms with Crippen molar-refractivity contribution in [3.63, 3.8) is 0 Å². The number of rotatable bonds is 10. The van der Waals surface area contributed by atoms with Gasteiger partial charge in [-0.2, -0.15) is 11.8 Å². The number of ether oxygens (including phenoxy) is 1. The van der Waals surface area contributed by atoms with Crippen molar-refractivity contribution < 1.29 is 19.1 Å². The summed E-state index contributed by atoms with van der Waals surface area (Å²) in [6, 6.07) is 11.0. The molecule has 0 bridgehead atoms. The number of halogens is 2. The van der Waals surface area contributed by atoms with Gasteiger partial charge in [0.2, 0.25) is 0 Å². The van der Waals surface area contributed by atoms with Crippen LogP contribution in [0.2, 0.25) is 10.0 Å². The fourth-order valence-corrected chi connectivity index (χ4v) is 3.66. The maximum absolute atomic E-state index is 12.6. The molecule has 0 radical (unpaired) electrons. The van der Waals surface area contributed by atoms with E-state index in [4.69, 9.17) is 27.9 Å². The minimum atomic E-state index is -0.914. The summed E-state index contributed by atoms with van der Waals surface area (Å²) in [5, 5.41) is 5.90. The van der Waals surface area contributed by atoms with Gasteiger partial charge < -0.3 is 15.4 Å². The highest BCUT2D eigenvalue weighted by atomic mass is 35.5. The average Bonchev–Trinajstić information content (AvgIpc) is 2.74. The average molecular weight is 483 g/mol. The molecular formula is C22H24Cl2N2O4S. The first-order valence-corrected chi connectivity index (χ1v) is 11.8. The van der Waals surface area contributed by atoms with Gasteiger partial charge in [0.05, 0.1) is 10.6 Å². The van der Waals surface area contributed by atoms with E-state index in [1.807, 2.05) is 31.4 Å². The molecular weight excluding hydrogens is 459 g/mol. The zero-order chi connectivity index (χ0) is 22.8. The van der Waals surface area contributed by atoms with Gasteiger partial charge in [-0.25, -0.2) is 4.79 Å². The van der Waals surface area contributed by atoms with Crippen molar-refractivity contribution >= 4 is 58.4 Å².